The van der Waals surface area contributed by atoms with E-state index >= 15 is 0 Å². The first-order valence-electron chi connectivity index (χ1n) is 10.5. The second kappa shape index (κ2) is 8.01. The molecule has 29 heavy (non-hydrogen) atoms. The Bertz CT molecular complexity index is 878. The summed E-state index contributed by atoms with van der Waals surface area (Å²) in [7, 11) is 0. The van der Waals surface area contributed by atoms with E-state index in [1.807, 2.05) is 48.2 Å². The van der Waals surface area contributed by atoms with Crippen LogP contribution < -0.4 is 0 Å². The minimum Gasteiger partial charge on any atom is -0.466 e. The minimum atomic E-state index is -0.782. The maximum Gasteiger partial charge on any atom is 0.314 e. The van der Waals surface area contributed by atoms with Crippen LogP contribution in [0.15, 0.2) is 40.9 Å². The molecule has 6 heteroatoms. The van der Waals surface area contributed by atoms with E-state index in [1.165, 1.54) is 0 Å². The maximum absolute atomic E-state index is 13.0. The highest BCUT2D eigenvalue weighted by Gasteiger charge is 2.49. The molecular weight excluding hydrogens is 368 g/mol. The van der Waals surface area contributed by atoms with Crippen molar-refractivity contribution in [2.45, 2.75) is 39.5 Å². The number of rotatable bonds is 6. The molecule has 2 fully saturated rings. The topological polar surface area (TPSA) is 72.6 Å². The largest absolute Gasteiger partial charge is 0.466 e. The van der Waals surface area contributed by atoms with Gasteiger partial charge in [-0.25, -0.2) is 0 Å². The summed E-state index contributed by atoms with van der Waals surface area (Å²) >= 11 is 0. The Kier molecular flexibility index (Phi) is 5.43. The van der Waals surface area contributed by atoms with Gasteiger partial charge in [0.2, 0.25) is 5.91 Å². The standard InChI is InChI=1S/C23H28N2O4/c1-3-28-22(27)23(10-7-11-25(15-23)21(26)19-12-16(19)2)14-18-13-20(24-29-18)17-8-5-4-6-9-17/h4-6,8-9,13,16,19H,3,7,10-12,14-15H2,1-2H3. The molecule has 6 nitrogen and oxygen atoms in total. The molecule has 0 N–H and O–H groups in total. The molecule has 4 rings (SSSR count). The van der Waals surface area contributed by atoms with Crippen molar-refractivity contribution in [1.82, 2.24) is 10.1 Å². The number of nitrogens with zero attached hydrogens (tertiary/aromatic N) is 2. The molecule has 1 aromatic heterocycles. The summed E-state index contributed by atoms with van der Waals surface area (Å²) in [6.07, 6.45) is 2.79. The van der Waals surface area contributed by atoms with Gasteiger partial charge in [0, 0.05) is 37.1 Å². The first-order chi connectivity index (χ1) is 14.0. The highest BCUT2D eigenvalue weighted by Crippen LogP contribution is 2.42. The van der Waals surface area contributed by atoms with Gasteiger partial charge in [0.25, 0.3) is 0 Å². The van der Waals surface area contributed by atoms with Gasteiger partial charge in [0.1, 0.15) is 11.5 Å². The van der Waals surface area contributed by atoms with Gasteiger partial charge in [-0.2, -0.15) is 0 Å². The Labute approximate surface area is 171 Å². The molecule has 1 saturated carbocycles. The normalized spacial score (nSPS) is 26.2. The van der Waals surface area contributed by atoms with E-state index in [0.717, 1.165) is 24.1 Å². The van der Waals surface area contributed by atoms with E-state index in [4.69, 9.17) is 9.26 Å². The predicted octanol–water partition coefficient (Wildman–Crippen LogP) is 3.71. The Morgan fingerprint density at radius 3 is 2.76 bits per heavy atom. The number of aromatic nitrogens is 1. The van der Waals surface area contributed by atoms with Crippen LogP contribution in [0.3, 0.4) is 0 Å². The van der Waals surface area contributed by atoms with E-state index in [-0.39, 0.29) is 17.8 Å². The average molecular weight is 396 g/mol. The summed E-state index contributed by atoms with van der Waals surface area (Å²) in [5.74, 6) is 1.13. The van der Waals surface area contributed by atoms with Gasteiger partial charge in [-0.1, -0.05) is 42.4 Å². The predicted molar refractivity (Wildman–Crippen MR) is 108 cm³/mol. The Morgan fingerprint density at radius 2 is 2.07 bits per heavy atom. The van der Waals surface area contributed by atoms with Crippen LogP contribution in [0, 0.1) is 17.3 Å². The molecular formula is C23H28N2O4. The molecule has 1 amide bonds. The molecule has 154 valence electrons. The average Bonchev–Trinajstić information content (AvgIpc) is 3.29. The lowest BCUT2D eigenvalue weighted by Gasteiger charge is -2.40. The zero-order valence-corrected chi connectivity index (χ0v) is 17.1. The van der Waals surface area contributed by atoms with Gasteiger partial charge >= 0.3 is 5.97 Å². The van der Waals surface area contributed by atoms with Gasteiger partial charge in [0.05, 0.1) is 12.0 Å². The molecule has 0 spiro atoms. The molecule has 3 atom stereocenters. The van der Waals surface area contributed by atoms with Crippen LogP contribution >= 0.6 is 0 Å². The molecule has 1 aromatic carbocycles. The summed E-state index contributed by atoms with van der Waals surface area (Å²) in [6, 6.07) is 11.7. The number of carbonyl (C=O) groups is 2. The summed E-state index contributed by atoms with van der Waals surface area (Å²) in [5.41, 5.74) is 0.932. The van der Waals surface area contributed by atoms with E-state index in [2.05, 4.69) is 12.1 Å². The highest BCUT2D eigenvalue weighted by atomic mass is 16.5. The van der Waals surface area contributed by atoms with Gasteiger partial charge in [-0.05, 0) is 32.1 Å². The summed E-state index contributed by atoms with van der Waals surface area (Å²) < 4.78 is 11.0. The van der Waals surface area contributed by atoms with Gasteiger partial charge in [-0.3, -0.25) is 9.59 Å². The third-order valence-electron chi connectivity index (χ3n) is 6.16. The number of esters is 1. The quantitative estimate of drug-likeness (QED) is 0.696. The van der Waals surface area contributed by atoms with Crippen LogP contribution in [-0.2, 0) is 20.7 Å². The number of hydrogen-bond acceptors (Lipinski definition) is 5. The smallest absolute Gasteiger partial charge is 0.314 e. The fourth-order valence-electron chi connectivity index (χ4n) is 4.36. The van der Waals surface area contributed by atoms with Crippen molar-refractivity contribution >= 4 is 11.9 Å². The van der Waals surface area contributed by atoms with Gasteiger partial charge in [0.15, 0.2) is 0 Å². The van der Waals surface area contributed by atoms with Crippen LogP contribution in [-0.4, -0.2) is 41.6 Å². The number of likely N-dealkylation sites (tertiary alicyclic amines) is 1. The van der Waals surface area contributed by atoms with Gasteiger partial charge in [-0.15, -0.1) is 0 Å². The summed E-state index contributed by atoms with van der Waals surface area (Å²) in [4.78, 5) is 27.7. The number of amides is 1. The molecule has 2 aromatic rings. The first kappa shape index (κ1) is 19.7. The fourth-order valence-corrected chi connectivity index (χ4v) is 4.36. The maximum atomic E-state index is 13.0. The summed E-state index contributed by atoms with van der Waals surface area (Å²) in [6.45, 7) is 5.32. The van der Waals surface area contributed by atoms with Crippen molar-refractivity contribution in [3.05, 3.63) is 42.2 Å². The summed E-state index contributed by atoms with van der Waals surface area (Å²) in [5, 5.41) is 4.18. The van der Waals surface area contributed by atoms with Crippen LogP contribution in [0.2, 0.25) is 0 Å². The van der Waals surface area contributed by atoms with E-state index in [9.17, 15) is 9.59 Å². The number of carbonyl (C=O) groups excluding carboxylic acids is 2. The molecule has 3 unspecified atom stereocenters. The van der Waals surface area contributed by atoms with E-state index < -0.39 is 5.41 Å². The molecule has 1 aliphatic carbocycles. The highest BCUT2D eigenvalue weighted by molar-refractivity contribution is 5.84. The van der Waals surface area contributed by atoms with Crippen molar-refractivity contribution in [3.63, 3.8) is 0 Å². The Hall–Kier alpha value is -2.63. The minimum absolute atomic E-state index is 0.114. The Morgan fingerprint density at radius 1 is 1.31 bits per heavy atom. The van der Waals surface area contributed by atoms with Crippen molar-refractivity contribution < 1.29 is 18.8 Å². The van der Waals surface area contributed by atoms with Crippen molar-refractivity contribution in [1.29, 1.82) is 0 Å². The van der Waals surface area contributed by atoms with Crippen molar-refractivity contribution in [2.24, 2.45) is 17.3 Å². The number of ether oxygens (including phenoxy) is 1. The molecule has 0 bridgehead atoms. The zero-order valence-electron chi connectivity index (χ0n) is 17.1. The lowest BCUT2D eigenvalue weighted by atomic mass is 9.76. The van der Waals surface area contributed by atoms with Crippen molar-refractivity contribution in [2.75, 3.05) is 19.7 Å². The van der Waals surface area contributed by atoms with Crippen LogP contribution in [0.25, 0.3) is 11.3 Å². The van der Waals surface area contributed by atoms with Crippen molar-refractivity contribution in [3.8, 4) is 11.3 Å². The van der Waals surface area contributed by atoms with Gasteiger partial charge < -0.3 is 14.2 Å². The van der Waals surface area contributed by atoms with E-state index in [0.29, 0.717) is 44.2 Å². The van der Waals surface area contributed by atoms with Crippen LogP contribution in [0.1, 0.15) is 38.9 Å². The first-order valence-corrected chi connectivity index (χ1v) is 10.5. The number of benzene rings is 1. The SMILES string of the molecule is CCOC(=O)C1(Cc2cc(-c3ccccc3)no2)CCCN(C(=O)C2CC2C)C1. The Balaban J connectivity index is 1.56. The van der Waals surface area contributed by atoms with Crippen LogP contribution in [0.4, 0.5) is 0 Å². The number of hydrogen-bond donors (Lipinski definition) is 0. The lowest BCUT2D eigenvalue weighted by Crippen LogP contribution is -2.52. The lowest BCUT2D eigenvalue weighted by molar-refractivity contribution is -0.161. The molecule has 1 aliphatic heterocycles. The second-order valence-corrected chi connectivity index (χ2v) is 8.40. The molecule has 2 aliphatic rings. The van der Waals surface area contributed by atoms with Crippen LogP contribution in [0.5, 0.6) is 0 Å². The molecule has 2 heterocycles. The third kappa shape index (κ3) is 4.07. The monoisotopic (exact) mass is 396 g/mol. The third-order valence-corrected chi connectivity index (χ3v) is 6.16. The molecule has 1 saturated heterocycles. The van der Waals surface area contributed by atoms with E-state index in [1.54, 1.807) is 0 Å². The number of piperidine rings is 1. The zero-order chi connectivity index (χ0) is 20.4. The fraction of sp³-hybridized carbons (Fsp3) is 0.522. The molecule has 0 radical (unpaired) electrons. The second-order valence-electron chi connectivity index (χ2n) is 8.40.